The predicted octanol–water partition coefficient (Wildman–Crippen LogP) is 1.34. The van der Waals surface area contributed by atoms with Crippen molar-refractivity contribution in [3.8, 4) is 0 Å². The van der Waals surface area contributed by atoms with Gasteiger partial charge in [0.1, 0.15) is 4.90 Å². The van der Waals surface area contributed by atoms with Gasteiger partial charge >= 0.3 is 5.97 Å². The minimum atomic E-state index is -4.15. The second-order valence-electron chi connectivity index (χ2n) is 3.90. The normalized spacial score (nSPS) is 11.6. The first-order valence-corrected chi connectivity index (χ1v) is 7.90. The first kappa shape index (κ1) is 17.0. The SMILES string of the molecule is O=C(O)c1cc(Br)cc(S(=O)(=O)NCCCCO)c1F. The highest BCUT2D eigenvalue weighted by molar-refractivity contribution is 9.10. The zero-order valence-electron chi connectivity index (χ0n) is 10.3. The number of benzene rings is 1. The van der Waals surface area contributed by atoms with Crippen LogP contribution in [0.1, 0.15) is 23.2 Å². The number of hydrogen-bond donors (Lipinski definition) is 3. The van der Waals surface area contributed by atoms with Crippen molar-refractivity contribution < 1.29 is 27.8 Å². The molecule has 0 amide bonds. The van der Waals surface area contributed by atoms with Crippen LogP contribution in [0.2, 0.25) is 0 Å². The Morgan fingerprint density at radius 1 is 1.35 bits per heavy atom. The van der Waals surface area contributed by atoms with Crippen LogP contribution in [0.25, 0.3) is 0 Å². The number of nitrogens with one attached hydrogen (secondary N) is 1. The third kappa shape index (κ3) is 4.23. The summed E-state index contributed by atoms with van der Waals surface area (Å²) in [7, 11) is -4.15. The van der Waals surface area contributed by atoms with Gasteiger partial charge in [0.25, 0.3) is 0 Å². The molecule has 0 heterocycles. The Balaban J connectivity index is 3.09. The maximum absolute atomic E-state index is 13.9. The summed E-state index contributed by atoms with van der Waals surface area (Å²) in [5, 5.41) is 17.4. The highest BCUT2D eigenvalue weighted by atomic mass is 79.9. The van der Waals surface area contributed by atoms with Gasteiger partial charge in [-0.2, -0.15) is 0 Å². The van der Waals surface area contributed by atoms with E-state index in [1.165, 1.54) is 0 Å². The molecule has 0 aliphatic carbocycles. The van der Waals surface area contributed by atoms with Gasteiger partial charge in [-0.25, -0.2) is 22.3 Å². The number of aromatic carboxylic acids is 1. The van der Waals surface area contributed by atoms with Crippen molar-refractivity contribution in [1.82, 2.24) is 4.72 Å². The van der Waals surface area contributed by atoms with E-state index in [9.17, 15) is 17.6 Å². The average Bonchev–Trinajstić information content (AvgIpc) is 2.36. The van der Waals surface area contributed by atoms with E-state index in [-0.39, 0.29) is 17.6 Å². The summed E-state index contributed by atoms with van der Waals surface area (Å²) in [5.74, 6) is -2.86. The lowest BCUT2D eigenvalue weighted by Crippen LogP contribution is -2.26. The van der Waals surface area contributed by atoms with Crippen molar-refractivity contribution in [1.29, 1.82) is 0 Å². The lowest BCUT2D eigenvalue weighted by molar-refractivity contribution is 0.0691. The average molecular weight is 370 g/mol. The summed E-state index contributed by atoms with van der Waals surface area (Å²) >= 11 is 2.95. The first-order chi connectivity index (χ1) is 9.29. The fourth-order valence-corrected chi connectivity index (χ4v) is 3.24. The van der Waals surface area contributed by atoms with Crippen molar-refractivity contribution in [3.63, 3.8) is 0 Å². The van der Waals surface area contributed by atoms with Gasteiger partial charge in [0.15, 0.2) is 5.82 Å². The fraction of sp³-hybridized carbons (Fsp3) is 0.364. The van der Waals surface area contributed by atoms with Gasteiger partial charge < -0.3 is 10.2 Å². The molecule has 0 aliphatic rings. The molecule has 1 aromatic carbocycles. The van der Waals surface area contributed by atoms with Gasteiger partial charge in [0.05, 0.1) is 5.56 Å². The molecule has 0 fully saturated rings. The Morgan fingerprint density at radius 2 is 2.00 bits per heavy atom. The van der Waals surface area contributed by atoms with E-state index in [2.05, 4.69) is 20.7 Å². The molecule has 1 rings (SSSR count). The molecule has 0 atom stereocenters. The van der Waals surface area contributed by atoms with Crippen LogP contribution in [-0.4, -0.2) is 37.8 Å². The molecule has 0 bridgehead atoms. The van der Waals surface area contributed by atoms with E-state index in [0.717, 1.165) is 12.1 Å². The van der Waals surface area contributed by atoms with Crippen LogP contribution in [-0.2, 0) is 10.0 Å². The number of rotatable bonds is 7. The van der Waals surface area contributed by atoms with Gasteiger partial charge in [-0.15, -0.1) is 0 Å². The number of carboxylic acids is 1. The molecular formula is C11H13BrFNO5S. The van der Waals surface area contributed by atoms with Crippen LogP contribution < -0.4 is 4.72 Å². The summed E-state index contributed by atoms with van der Waals surface area (Å²) in [6.45, 7) is -0.0482. The van der Waals surface area contributed by atoms with Gasteiger partial charge in [0.2, 0.25) is 10.0 Å². The summed E-state index contributed by atoms with van der Waals surface area (Å²) < 4.78 is 40.0. The summed E-state index contributed by atoms with van der Waals surface area (Å²) in [6.07, 6.45) is 0.793. The number of carboxylic acid groups (broad SMARTS) is 1. The maximum Gasteiger partial charge on any atom is 0.338 e. The summed E-state index contributed by atoms with van der Waals surface area (Å²) in [6, 6.07) is 1.98. The molecule has 0 aromatic heterocycles. The van der Waals surface area contributed by atoms with E-state index < -0.39 is 32.3 Å². The van der Waals surface area contributed by atoms with Crippen LogP contribution in [0, 0.1) is 5.82 Å². The molecule has 112 valence electrons. The zero-order chi connectivity index (χ0) is 15.3. The summed E-state index contributed by atoms with van der Waals surface area (Å²) in [5.41, 5.74) is -0.727. The Kier molecular flexibility index (Phi) is 6.06. The van der Waals surface area contributed by atoms with Crippen molar-refractivity contribution in [2.24, 2.45) is 0 Å². The number of unbranched alkanes of at least 4 members (excludes halogenated alkanes) is 1. The second kappa shape index (κ2) is 7.11. The third-order valence-corrected chi connectivity index (χ3v) is 4.32. The lowest BCUT2D eigenvalue weighted by atomic mass is 10.2. The van der Waals surface area contributed by atoms with E-state index in [1.807, 2.05) is 0 Å². The topological polar surface area (TPSA) is 104 Å². The lowest BCUT2D eigenvalue weighted by Gasteiger charge is -2.09. The van der Waals surface area contributed by atoms with Crippen molar-refractivity contribution in [3.05, 3.63) is 28.0 Å². The highest BCUT2D eigenvalue weighted by Gasteiger charge is 2.24. The van der Waals surface area contributed by atoms with E-state index in [1.54, 1.807) is 0 Å². The van der Waals surface area contributed by atoms with Crippen molar-refractivity contribution in [2.75, 3.05) is 13.2 Å². The van der Waals surface area contributed by atoms with E-state index in [0.29, 0.717) is 12.8 Å². The second-order valence-corrected chi connectivity index (χ2v) is 6.55. The smallest absolute Gasteiger partial charge is 0.338 e. The van der Waals surface area contributed by atoms with Gasteiger partial charge in [0, 0.05) is 17.6 Å². The van der Waals surface area contributed by atoms with Crippen LogP contribution in [0.3, 0.4) is 0 Å². The van der Waals surface area contributed by atoms with Crippen LogP contribution in [0.5, 0.6) is 0 Å². The standard InChI is InChI=1S/C11H13BrFNO5S/c12-7-5-8(11(16)17)10(13)9(6-7)20(18,19)14-3-1-2-4-15/h5-6,14-15H,1-4H2,(H,16,17). The largest absolute Gasteiger partial charge is 0.478 e. The Labute approximate surface area is 123 Å². The molecule has 20 heavy (non-hydrogen) atoms. The van der Waals surface area contributed by atoms with Crippen LogP contribution >= 0.6 is 15.9 Å². The molecule has 0 spiro atoms. The number of sulfonamides is 1. The molecule has 9 heteroatoms. The zero-order valence-corrected chi connectivity index (χ0v) is 12.7. The highest BCUT2D eigenvalue weighted by Crippen LogP contribution is 2.24. The van der Waals surface area contributed by atoms with E-state index >= 15 is 0 Å². The van der Waals surface area contributed by atoms with Crippen LogP contribution in [0.15, 0.2) is 21.5 Å². The number of aliphatic hydroxyl groups excluding tert-OH is 1. The Hall–Kier alpha value is -1.03. The molecule has 0 unspecified atom stereocenters. The number of aliphatic hydroxyl groups is 1. The third-order valence-electron chi connectivity index (χ3n) is 2.40. The molecular weight excluding hydrogens is 357 g/mol. The number of carbonyl (C=O) groups is 1. The van der Waals surface area contributed by atoms with Crippen LogP contribution in [0.4, 0.5) is 4.39 Å². The van der Waals surface area contributed by atoms with E-state index in [4.69, 9.17) is 10.2 Å². The molecule has 6 nitrogen and oxygen atoms in total. The van der Waals surface area contributed by atoms with Crippen molar-refractivity contribution in [2.45, 2.75) is 17.7 Å². The molecule has 0 radical (unpaired) electrons. The number of hydrogen-bond acceptors (Lipinski definition) is 4. The maximum atomic E-state index is 13.9. The molecule has 3 N–H and O–H groups in total. The Bertz CT molecular complexity index is 605. The minimum Gasteiger partial charge on any atom is -0.478 e. The molecule has 1 aromatic rings. The predicted molar refractivity (Wildman–Crippen MR) is 72.6 cm³/mol. The number of halogens is 2. The Morgan fingerprint density at radius 3 is 2.55 bits per heavy atom. The fourth-order valence-electron chi connectivity index (χ4n) is 1.44. The monoisotopic (exact) mass is 369 g/mol. The minimum absolute atomic E-state index is 0.0251. The quantitative estimate of drug-likeness (QED) is 0.629. The van der Waals surface area contributed by atoms with Gasteiger partial charge in [-0.3, -0.25) is 0 Å². The van der Waals surface area contributed by atoms with Gasteiger partial charge in [-0.1, -0.05) is 15.9 Å². The summed E-state index contributed by atoms with van der Waals surface area (Å²) in [4.78, 5) is 10.1. The molecule has 0 saturated heterocycles. The molecule has 0 aliphatic heterocycles. The molecule has 0 saturated carbocycles. The first-order valence-electron chi connectivity index (χ1n) is 5.62. The van der Waals surface area contributed by atoms with Gasteiger partial charge in [-0.05, 0) is 25.0 Å². The van der Waals surface area contributed by atoms with Crippen molar-refractivity contribution >= 4 is 31.9 Å².